The molecule has 0 N–H and O–H groups in total. The van der Waals surface area contributed by atoms with E-state index in [-0.39, 0.29) is 23.1 Å². The summed E-state index contributed by atoms with van der Waals surface area (Å²) in [6.07, 6.45) is 0. The van der Waals surface area contributed by atoms with E-state index in [1.807, 2.05) is 48.5 Å². The fourth-order valence-electron chi connectivity index (χ4n) is 2.86. The number of carbonyl (C=O) groups is 2. The average molecular weight is 588 g/mol. The molecule has 4 rings (SSSR count). The fourth-order valence-corrected chi connectivity index (χ4v) is 5.28. The summed E-state index contributed by atoms with van der Waals surface area (Å²) in [7, 11) is 0. The van der Waals surface area contributed by atoms with Gasteiger partial charge in [0, 0.05) is 20.1 Å². The number of fused-ring (bicyclic) bond motifs is 1. The standard InChI is InChI=1S/C24H16Br2N2O2S2/c25-17-9-5-15(6-10-17)21(29)13-31-23-24(28-20-4-2-1-3-19(20)27-23)32-14-22(30)16-7-11-18(26)12-8-16/h1-12H,13-14H2. The Bertz CT molecular complexity index is 1180. The molecule has 0 bridgehead atoms. The minimum Gasteiger partial charge on any atom is -0.293 e. The van der Waals surface area contributed by atoms with Crippen LogP contribution in [0.15, 0.2) is 91.8 Å². The van der Waals surface area contributed by atoms with Gasteiger partial charge in [0.1, 0.15) is 10.1 Å². The molecule has 0 radical (unpaired) electrons. The van der Waals surface area contributed by atoms with Crippen molar-refractivity contribution >= 4 is 78.0 Å². The normalized spacial score (nSPS) is 10.9. The molecule has 4 nitrogen and oxygen atoms in total. The van der Waals surface area contributed by atoms with E-state index in [1.54, 1.807) is 24.3 Å². The maximum atomic E-state index is 12.6. The van der Waals surface area contributed by atoms with Gasteiger partial charge in [-0.05, 0) is 36.4 Å². The van der Waals surface area contributed by atoms with Crippen molar-refractivity contribution in [3.63, 3.8) is 0 Å². The highest BCUT2D eigenvalue weighted by Gasteiger charge is 2.15. The number of nitrogens with zero attached hydrogens (tertiary/aromatic N) is 2. The topological polar surface area (TPSA) is 59.9 Å². The minimum atomic E-state index is 0.0133. The molecule has 32 heavy (non-hydrogen) atoms. The summed E-state index contributed by atoms with van der Waals surface area (Å²) in [5.41, 5.74) is 2.81. The summed E-state index contributed by atoms with van der Waals surface area (Å²) >= 11 is 9.46. The van der Waals surface area contributed by atoms with Crippen LogP contribution in [0.1, 0.15) is 20.7 Å². The number of halogens is 2. The average Bonchev–Trinajstić information content (AvgIpc) is 2.81. The van der Waals surface area contributed by atoms with E-state index in [2.05, 4.69) is 31.9 Å². The first-order chi connectivity index (χ1) is 15.5. The molecule has 0 saturated heterocycles. The Morgan fingerprint density at radius 1 is 0.625 bits per heavy atom. The molecule has 0 aliphatic rings. The molecular weight excluding hydrogens is 572 g/mol. The first kappa shape index (κ1) is 23.2. The fraction of sp³-hybridized carbons (Fsp3) is 0.0833. The molecule has 0 fully saturated rings. The lowest BCUT2D eigenvalue weighted by molar-refractivity contribution is 0.101. The van der Waals surface area contributed by atoms with Gasteiger partial charge in [-0.1, -0.05) is 91.8 Å². The Morgan fingerprint density at radius 2 is 1.00 bits per heavy atom. The summed E-state index contributed by atoms with van der Waals surface area (Å²) in [5.74, 6) is 0.504. The lowest BCUT2D eigenvalue weighted by Gasteiger charge is -2.09. The predicted molar refractivity (Wildman–Crippen MR) is 138 cm³/mol. The quantitative estimate of drug-likeness (QED) is 0.162. The zero-order valence-electron chi connectivity index (χ0n) is 16.6. The van der Waals surface area contributed by atoms with Crippen LogP contribution in [0.3, 0.4) is 0 Å². The zero-order chi connectivity index (χ0) is 22.5. The van der Waals surface area contributed by atoms with Gasteiger partial charge < -0.3 is 0 Å². The lowest BCUT2D eigenvalue weighted by Crippen LogP contribution is -2.05. The van der Waals surface area contributed by atoms with Crippen molar-refractivity contribution in [2.75, 3.05) is 11.5 Å². The molecular formula is C24H16Br2N2O2S2. The third-order valence-electron chi connectivity index (χ3n) is 4.52. The number of thioether (sulfide) groups is 2. The second-order valence-electron chi connectivity index (χ2n) is 6.76. The van der Waals surface area contributed by atoms with E-state index < -0.39 is 0 Å². The molecule has 1 heterocycles. The van der Waals surface area contributed by atoms with Crippen molar-refractivity contribution < 1.29 is 9.59 Å². The molecule has 1 aromatic heterocycles. The number of para-hydroxylation sites is 2. The summed E-state index contributed by atoms with van der Waals surface area (Å²) < 4.78 is 1.85. The number of aromatic nitrogens is 2. The highest BCUT2D eigenvalue weighted by atomic mass is 79.9. The summed E-state index contributed by atoms with van der Waals surface area (Å²) in [5, 5.41) is 1.31. The lowest BCUT2D eigenvalue weighted by atomic mass is 10.2. The van der Waals surface area contributed by atoms with Crippen molar-refractivity contribution in [3.05, 3.63) is 92.9 Å². The Morgan fingerprint density at radius 3 is 1.38 bits per heavy atom. The second kappa shape index (κ2) is 10.7. The number of Topliss-reactive ketones (excluding diaryl/α,β-unsaturated/α-hetero) is 2. The van der Waals surface area contributed by atoms with Crippen molar-refractivity contribution in [1.29, 1.82) is 0 Å². The van der Waals surface area contributed by atoms with Gasteiger partial charge >= 0.3 is 0 Å². The number of ketones is 2. The molecule has 0 atom stereocenters. The van der Waals surface area contributed by atoms with Crippen LogP contribution in [0.4, 0.5) is 0 Å². The van der Waals surface area contributed by atoms with Crippen LogP contribution in [0.2, 0.25) is 0 Å². The number of hydrogen-bond acceptors (Lipinski definition) is 6. The van der Waals surface area contributed by atoms with E-state index in [1.165, 1.54) is 23.5 Å². The summed E-state index contributed by atoms with van der Waals surface area (Å²) in [4.78, 5) is 34.7. The van der Waals surface area contributed by atoms with Crippen LogP contribution in [-0.4, -0.2) is 33.0 Å². The molecule has 160 valence electrons. The monoisotopic (exact) mass is 586 g/mol. The minimum absolute atomic E-state index is 0.0133. The molecule has 0 aliphatic carbocycles. The van der Waals surface area contributed by atoms with Gasteiger partial charge in [0.25, 0.3) is 0 Å². The largest absolute Gasteiger partial charge is 0.293 e. The Kier molecular flexibility index (Phi) is 7.78. The number of rotatable bonds is 8. The number of carbonyl (C=O) groups excluding carboxylic acids is 2. The number of hydrogen-bond donors (Lipinski definition) is 0. The molecule has 3 aromatic carbocycles. The van der Waals surface area contributed by atoms with Crippen LogP contribution in [0.25, 0.3) is 11.0 Å². The highest BCUT2D eigenvalue weighted by molar-refractivity contribution is 9.10. The molecule has 0 aliphatic heterocycles. The van der Waals surface area contributed by atoms with E-state index >= 15 is 0 Å². The third-order valence-corrected chi connectivity index (χ3v) is 7.64. The molecule has 0 amide bonds. The smallest absolute Gasteiger partial charge is 0.173 e. The van der Waals surface area contributed by atoms with Gasteiger partial charge in [0.15, 0.2) is 11.6 Å². The predicted octanol–water partition coefficient (Wildman–Crippen LogP) is 7.10. The Hall–Kier alpha value is -2.00. The van der Waals surface area contributed by atoms with Gasteiger partial charge in [-0.2, -0.15) is 0 Å². The second-order valence-corrected chi connectivity index (χ2v) is 10.5. The van der Waals surface area contributed by atoms with Crippen LogP contribution in [0.5, 0.6) is 0 Å². The maximum absolute atomic E-state index is 12.6. The van der Waals surface area contributed by atoms with Gasteiger partial charge in [-0.25, -0.2) is 9.97 Å². The molecule has 8 heteroatoms. The molecule has 0 spiro atoms. The van der Waals surface area contributed by atoms with Crippen molar-refractivity contribution in [2.45, 2.75) is 10.1 Å². The van der Waals surface area contributed by atoms with E-state index in [0.29, 0.717) is 21.2 Å². The Balaban J connectivity index is 1.53. The summed E-state index contributed by atoms with van der Waals surface area (Å²) in [6.45, 7) is 0. The number of benzene rings is 3. The molecule has 0 unspecified atom stereocenters. The molecule has 0 saturated carbocycles. The van der Waals surface area contributed by atoms with Gasteiger partial charge in [-0.15, -0.1) is 0 Å². The third kappa shape index (κ3) is 5.86. The molecule has 4 aromatic rings. The Labute approximate surface area is 210 Å². The van der Waals surface area contributed by atoms with Crippen molar-refractivity contribution in [2.24, 2.45) is 0 Å². The maximum Gasteiger partial charge on any atom is 0.173 e. The first-order valence-corrected chi connectivity index (χ1v) is 13.2. The SMILES string of the molecule is O=C(CSc1nc2ccccc2nc1SCC(=O)c1ccc(Br)cc1)c1ccc(Br)cc1. The van der Waals surface area contributed by atoms with Crippen LogP contribution in [0, 0.1) is 0 Å². The summed E-state index contributed by atoms with van der Waals surface area (Å²) in [6, 6.07) is 22.2. The van der Waals surface area contributed by atoms with Crippen molar-refractivity contribution in [3.8, 4) is 0 Å². The first-order valence-electron chi connectivity index (χ1n) is 9.59. The van der Waals surface area contributed by atoms with Crippen molar-refractivity contribution in [1.82, 2.24) is 9.97 Å². The van der Waals surface area contributed by atoms with Crippen LogP contribution >= 0.6 is 55.4 Å². The zero-order valence-corrected chi connectivity index (χ0v) is 21.4. The van der Waals surface area contributed by atoms with Gasteiger partial charge in [-0.3, -0.25) is 9.59 Å². The highest BCUT2D eigenvalue weighted by Crippen LogP contribution is 2.31. The van der Waals surface area contributed by atoms with E-state index in [4.69, 9.17) is 9.97 Å². The van der Waals surface area contributed by atoms with E-state index in [0.717, 1.165) is 20.0 Å². The van der Waals surface area contributed by atoms with Gasteiger partial charge in [0.05, 0.1) is 22.5 Å². The van der Waals surface area contributed by atoms with E-state index in [9.17, 15) is 9.59 Å². The van der Waals surface area contributed by atoms with Crippen LogP contribution in [-0.2, 0) is 0 Å². The van der Waals surface area contributed by atoms with Crippen LogP contribution < -0.4 is 0 Å². The van der Waals surface area contributed by atoms with Gasteiger partial charge in [0.2, 0.25) is 0 Å².